The molecule has 2 aromatic rings. The molecule has 0 saturated carbocycles. The van der Waals surface area contributed by atoms with Crippen molar-refractivity contribution in [2.45, 2.75) is 25.6 Å². The summed E-state index contributed by atoms with van der Waals surface area (Å²) < 4.78 is 56.4. The van der Waals surface area contributed by atoms with Crippen LogP contribution in [0.1, 0.15) is 18.9 Å². The van der Waals surface area contributed by atoms with E-state index in [1.54, 1.807) is 13.0 Å². The summed E-state index contributed by atoms with van der Waals surface area (Å²) in [6, 6.07) is 9.69. The normalized spacial score (nSPS) is 12.5. The third kappa shape index (κ3) is 4.47. The van der Waals surface area contributed by atoms with Crippen molar-refractivity contribution in [3.05, 3.63) is 59.9 Å². The molecule has 0 heterocycles. The number of carbonyl (C=O) groups excluding carboxylic acids is 1. The lowest BCUT2D eigenvalue weighted by Crippen LogP contribution is -2.32. The molecule has 0 unspecified atom stereocenters. The van der Waals surface area contributed by atoms with Gasteiger partial charge in [-0.2, -0.15) is 13.2 Å². The van der Waals surface area contributed by atoms with Gasteiger partial charge in [0.25, 0.3) is 5.91 Å². The summed E-state index contributed by atoms with van der Waals surface area (Å²) in [6.45, 7) is 1.68. The molecule has 0 aliphatic heterocycles. The van der Waals surface area contributed by atoms with Gasteiger partial charge in [-0.1, -0.05) is 19.1 Å². The van der Waals surface area contributed by atoms with Crippen molar-refractivity contribution in [1.82, 2.24) is 0 Å². The lowest BCUT2D eigenvalue weighted by atomic mass is 10.2. The Bertz CT molecular complexity index is 698. The van der Waals surface area contributed by atoms with E-state index in [9.17, 15) is 22.4 Å². The summed E-state index contributed by atoms with van der Waals surface area (Å²) >= 11 is 0. The number of para-hydroxylation sites is 1. The Hall–Kier alpha value is -2.57. The fourth-order valence-electron chi connectivity index (χ4n) is 1.98. The molecule has 1 amide bonds. The molecule has 1 atom stereocenters. The van der Waals surface area contributed by atoms with E-state index in [1.165, 1.54) is 18.2 Å². The predicted molar refractivity (Wildman–Crippen MR) is 81.2 cm³/mol. The van der Waals surface area contributed by atoms with Crippen molar-refractivity contribution in [1.29, 1.82) is 0 Å². The van der Waals surface area contributed by atoms with Crippen molar-refractivity contribution in [3.8, 4) is 5.75 Å². The van der Waals surface area contributed by atoms with Crippen LogP contribution in [0.15, 0.2) is 48.5 Å². The van der Waals surface area contributed by atoms with Crippen LogP contribution < -0.4 is 10.1 Å². The second kappa shape index (κ2) is 7.33. The molecule has 0 aromatic heterocycles. The monoisotopic (exact) mass is 341 g/mol. The highest BCUT2D eigenvalue weighted by atomic mass is 19.4. The van der Waals surface area contributed by atoms with Crippen LogP contribution in [0.25, 0.3) is 0 Å². The van der Waals surface area contributed by atoms with Gasteiger partial charge in [0.15, 0.2) is 17.7 Å². The van der Waals surface area contributed by atoms with Crippen LogP contribution in [0.4, 0.5) is 23.2 Å². The average molecular weight is 341 g/mol. The van der Waals surface area contributed by atoms with Gasteiger partial charge in [-0.3, -0.25) is 4.79 Å². The zero-order valence-electron chi connectivity index (χ0n) is 12.7. The van der Waals surface area contributed by atoms with E-state index in [0.29, 0.717) is 0 Å². The first-order valence-electron chi connectivity index (χ1n) is 7.20. The Morgan fingerprint density at radius 3 is 2.29 bits per heavy atom. The highest BCUT2D eigenvalue weighted by Crippen LogP contribution is 2.30. The predicted octanol–water partition coefficient (Wildman–Crippen LogP) is 4.64. The highest BCUT2D eigenvalue weighted by Gasteiger charge is 2.30. The van der Waals surface area contributed by atoms with Gasteiger partial charge in [0.2, 0.25) is 0 Å². The van der Waals surface area contributed by atoms with Gasteiger partial charge in [0.1, 0.15) is 0 Å². The maximum Gasteiger partial charge on any atom is 0.416 e. The summed E-state index contributed by atoms with van der Waals surface area (Å²) in [5.74, 6) is -1.23. The van der Waals surface area contributed by atoms with Crippen LogP contribution in [-0.4, -0.2) is 12.0 Å². The largest absolute Gasteiger partial charge is 0.478 e. The number of anilines is 1. The molecule has 0 fully saturated rings. The van der Waals surface area contributed by atoms with Crippen LogP contribution in [-0.2, 0) is 11.0 Å². The first kappa shape index (κ1) is 17.8. The number of benzene rings is 2. The second-order valence-corrected chi connectivity index (χ2v) is 5.01. The topological polar surface area (TPSA) is 38.3 Å². The molecule has 7 heteroatoms. The Kier molecular flexibility index (Phi) is 5.43. The van der Waals surface area contributed by atoms with E-state index in [1.807, 2.05) is 0 Å². The van der Waals surface area contributed by atoms with Crippen LogP contribution in [0.2, 0.25) is 0 Å². The number of rotatable bonds is 5. The van der Waals surface area contributed by atoms with E-state index >= 15 is 0 Å². The Morgan fingerprint density at radius 2 is 1.75 bits per heavy atom. The number of halogens is 4. The smallest absolute Gasteiger partial charge is 0.416 e. The number of hydrogen-bond donors (Lipinski definition) is 1. The minimum Gasteiger partial charge on any atom is -0.478 e. The number of amides is 1. The standard InChI is InChI=1S/C17H15F4NO2/c1-2-14(24-15-6-4-3-5-13(15)18)16(23)22-12-9-7-11(8-10-12)17(19,20)21/h3-10,14H,2H2,1H3,(H,22,23)/t14-/m0/s1. The molecule has 0 spiro atoms. The molecule has 0 saturated heterocycles. The van der Waals surface area contributed by atoms with Gasteiger partial charge < -0.3 is 10.1 Å². The van der Waals surface area contributed by atoms with E-state index < -0.39 is 29.6 Å². The van der Waals surface area contributed by atoms with Crippen LogP contribution in [0.3, 0.4) is 0 Å². The van der Waals surface area contributed by atoms with Crippen molar-refractivity contribution < 1.29 is 27.1 Å². The number of hydrogen-bond acceptors (Lipinski definition) is 2. The van der Waals surface area contributed by atoms with Gasteiger partial charge in [0, 0.05) is 5.69 Å². The summed E-state index contributed by atoms with van der Waals surface area (Å²) in [5.41, 5.74) is -0.612. The number of alkyl halides is 3. The number of ether oxygens (including phenoxy) is 1. The van der Waals surface area contributed by atoms with E-state index in [2.05, 4.69) is 5.32 Å². The van der Waals surface area contributed by atoms with Gasteiger partial charge in [0.05, 0.1) is 5.56 Å². The summed E-state index contributed by atoms with van der Waals surface area (Å²) in [5, 5.41) is 2.46. The SMILES string of the molecule is CC[C@H](Oc1ccccc1F)C(=O)Nc1ccc(C(F)(F)F)cc1. The molecule has 3 nitrogen and oxygen atoms in total. The lowest BCUT2D eigenvalue weighted by Gasteiger charge is -2.18. The minimum atomic E-state index is -4.44. The molecular weight excluding hydrogens is 326 g/mol. The maximum atomic E-state index is 13.6. The summed E-state index contributed by atoms with van der Waals surface area (Å²) in [6.07, 6.45) is -5.15. The maximum absolute atomic E-state index is 13.6. The lowest BCUT2D eigenvalue weighted by molar-refractivity contribution is -0.137. The third-order valence-electron chi connectivity index (χ3n) is 3.25. The Balaban J connectivity index is 2.05. The van der Waals surface area contributed by atoms with Crippen LogP contribution in [0.5, 0.6) is 5.75 Å². The van der Waals surface area contributed by atoms with Gasteiger partial charge >= 0.3 is 6.18 Å². The van der Waals surface area contributed by atoms with Crippen molar-refractivity contribution >= 4 is 11.6 Å². The molecule has 2 aromatic carbocycles. The molecule has 2 rings (SSSR count). The quantitative estimate of drug-likeness (QED) is 0.805. The Morgan fingerprint density at radius 1 is 1.12 bits per heavy atom. The molecule has 1 N–H and O–H groups in total. The molecule has 0 aliphatic rings. The van der Waals surface area contributed by atoms with Gasteiger partial charge in [-0.25, -0.2) is 4.39 Å². The zero-order chi connectivity index (χ0) is 17.7. The molecule has 0 radical (unpaired) electrons. The average Bonchev–Trinajstić information content (AvgIpc) is 2.53. The molecule has 128 valence electrons. The highest BCUT2D eigenvalue weighted by molar-refractivity contribution is 5.94. The zero-order valence-corrected chi connectivity index (χ0v) is 12.7. The first-order chi connectivity index (χ1) is 11.3. The van der Waals surface area contributed by atoms with Crippen molar-refractivity contribution in [2.24, 2.45) is 0 Å². The van der Waals surface area contributed by atoms with Gasteiger partial charge in [-0.05, 0) is 42.8 Å². The van der Waals surface area contributed by atoms with E-state index in [4.69, 9.17) is 4.74 Å². The third-order valence-corrected chi connectivity index (χ3v) is 3.25. The molecule has 0 aliphatic carbocycles. The number of nitrogens with one attached hydrogen (secondary N) is 1. The van der Waals surface area contributed by atoms with Crippen molar-refractivity contribution in [3.63, 3.8) is 0 Å². The fraction of sp³-hybridized carbons (Fsp3) is 0.235. The fourth-order valence-corrected chi connectivity index (χ4v) is 1.98. The molecular formula is C17H15F4NO2. The Labute approximate surface area is 136 Å². The van der Waals surface area contributed by atoms with E-state index in [-0.39, 0.29) is 17.9 Å². The first-order valence-corrected chi connectivity index (χ1v) is 7.20. The summed E-state index contributed by atoms with van der Waals surface area (Å²) in [4.78, 5) is 12.2. The van der Waals surface area contributed by atoms with Crippen molar-refractivity contribution in [2.75, 3.05) is 5.32 Å². The number of carbonyl (C=O) groups is 1. The minimum absolute atomic E-state index is 0.0630. The summed E-state index contributed by atoms with van der Waals surface area (Å²) in [7, 11) is 0. The van der Waals surface area contributed by atoms with Crippen LogP contribution >= 0.6 is 0 Å². The molecule has 0 bridgehead atoms. The van der Waals surface area contributed by atoms with Gasteiger partial charge in [-0.15, -0.1) is 0 Å². The van der Waals surface area contributed by atoms with E-state index in [0.717, 1.165) is 24.3 Å². The van der Waals surface area contributed by atoms with Crippen LogP contribution in [0, 0.1) is 5.82 Å². The molecule has 24 heavy (non-hydrogen) atoms. The second-order valence-electron chi connectivity index (χ2n) is 5.01.